The molecule has 1 aromatic carbocycles. The summed E-state index contributed by atoms with van der Waals surface area (Å²) in [5.74, 6) is 1.27. The number of anilines is 1. The van der Waals surface area contributed by atoms with Crippen molar-refractivity contribution in [2.24, 2.45) is 0 Å². The van der Waals surface area contributed by atoms with Crippen molar-refractivity contribution < 1.29 is 14.3 Å². The van der Waals surface area contributed by atoms with Gasteiger partial charge in [0.05, 0.1) is 19.9 Å². The first-order valence-electron chi connectivity index (χ1n) is 9.56. The molecule has 2 rings (SSSR count). The smallest absolute Gasteiger partial charge is 0.226 e. The monoisotopic (exact) mass is 363 g/mol. The number of rotatable bonds is 10. The van der Waals surface area contributed by atoms with E-state index in [4.69, 9.17) is 9.47 Å². The van der Waals surface area contributed by atoms with E-state index >= 15 is 0 Å². The molecule has 1 aliphatic heterocycles. The number of ether oxygens (including phenoxy) is 2. The Morgan fingerprint density at radius 3 is 2.58 bits per heavy atom. The van der Waals surface area contributed by atoms with Crippen LogP contribution < -0.4 is 20.1 Å². The van der Waals surface area contributed by atoms with E-state index in [2.05, 4.69) is 29.4 Å². The highest BCUT2D eigenvalue weighted by Crippen LogP contribution is 2.29. The third-order valence-electron chi connectivity index (χ3n) is 5.00. The maximum atomic E-state index is 12.4. The summed E-state index contributed by atoms with van der Waals surface area (Å²) >= 11 is 0. The van der Waals surface area contributed by atoms with Gasteiger partial charge in [0.25, 0.3) is 0 Å². The van der Waals surface area contributed by atoms with Crippen LogP contribution in [0.15, 0.2) is 18.2 Å². The summed E-state index contributed by atoms with van der Waals surface area (Å²) in [7, 11) is 3.18. The molecule has 1 aromatic rings. The highest BCUT2D eigenvalue weighted by atomic mass is 16.5. The highest BCUT2D eigenvalue weighted by Gasteiger charge is 2.21. The fourth-order valence-corrected chi connectivity index (χ4v) is 3.43. The van der Waals surface area contributed by atoms with Gasteiger partial charge in [-0.2, -0.15) is 0 Å². The number of methoxy groups -OCH3 is 2. The van der Waals surface area contributed by atoms with Gasteiger partial charge in [0.1, 0.15) is 11.5 Å². The average Bonchev–Trinajstić information content (AvgIpc) is 3.17. The number of hydrogen-bond donors (Lipinski definition) is 2. The SMILES string of the molecule is CCC(CNC(C)CC(=O)Nc1ccc(OC)cc1OC)N1CCCC1. The van der Waals surface area contributed by atoms with Crippen molar-refractivity contribution >= 4 is 11.6 Å². The van der Waals surface area contributed by atoms with Crippen LogP contribution in [-0.4, -0.2) is 56.7 Å². The number of carbonyl (C=O) groups is 1. The third-order valence-corrected chi connectivity index (χ3v) is 5.00. The molecular formula is C20H33N3O3. The number of nitrogens with one attached hydrogen (secondary N) is 2. The van der Waals surface area contributed by atoms with Crippen LogP contribution in [0.2, 0.25) is 0 Å². The molecule has 1 amide bonds. The third kappa shape index (κ3) is 5.88. The first kappa shape index (κ1) is 20.5. The van der Waals surface area contributed by atoms with Crippen molar-refractivity contribution in [2.75, 3.05) is 39.2 Å². The van der Waals surface area contributed by atoms with Crippen molar-refractivity contribution in [3.8, 4) is 11.5 Å². The number of hydrogen-bond acceptors (Lipinski definition) is 5. The van der Waals surface area contributed by atoms with Crippen LogP contribution in [0.1, 0.15) is 39.5 Å². The zero-order chi connectivity index (χ0) is 18.9. The molecule has 1 heterocycles. The predicted octanol–water partition coefficient (Wildman–Crippen LogP) is 2.88. The lowest BCUT2D eigenvalue weighted by Crippen LogP contribution is -2.43. The van der Waals surface area contributed by atoms with Gasteiger partial charge in [-0.1, -0.05) is 6.92 Å². The second-order valence-electron chi connectivity index (χ2n) is 6.93. The van der Waals surface area contributed by atoms with Crippen molar-refractivity contribution in [1.82, 2.24) is 10.2 Å². The van der Waals surface area contributed by atoms with E-state index in [1.54, 1.807) is 26.4 Å². The molecule has 6 nitrogen and oxygen atoms in total. The van der Waals surface area contributed by atoms with E-state index in [0.717, 1.165) is 13.0 Å². The summed E-state index contributed by atoms with van der Waals surface area (Å²) in [6.45, 7) is 7.62. The second-order valence-corrected chi connectivity index (χ2v) is 6.93. The Morgan fingerprint density at radius 1 is 1.23 bits per heavy atom. The average molecular weight is 364 g/mol. The van der Waals surface area contributed by atoms with Gasteiger partial charge in [0.15, 0.2) is 0 Å². The molecule has 0 spiro atoms. The Balaban J connectivity index is 1.81. The lowest BCUT2D eigenvalue weighted by atomic mass is 10.1. The molecule has 1 aliphatic rings. The molecular weight excluding hydrogens is 330 g/mol. The summed E-state index contributed by atoms with van der Waals surface area (Å²) < 4.78 is 10.5. The number of amides is 1. The minimum absolute atomic E-state index is 0.0253. The molecule has 6 heteroatoms. The van der Waals surface area contributed by atoms with Gasteiger partial charge in [-0.15, -0.1) is 0 Å². The summed E-state index contributed by atoms with van der Waals surface area (Å²) in [6, 6.07) is 6.05. The topological polar surface area (TPSA) is 62.8 Å². The van der Waals surface area contributed by atoms with Crippen LogP contribution in [0.5, 0.6) is 11.5 Å². The van der Waals surface area contributed by atoms with Crippen LogP contribution >= 0.6 is 0 Å². The summed E-state index contributed by atoms with van der Waals surface area (Å²) in [6.07, 6.45) is 4.16. The molecule has 146 valence electrons. The normalized spacial score (nSPS) is 16.9. The van der Waals surface area contributed by atoms with Gasteiger partial charge in [0.2, 0.25) is 5.91 Å². The Labute approximate surface area is 157 Å². The quantitative estimate of drug-likeness (QED) is 0.669. The molecule has 26 heavy (non-hydrogen) atoms. The number of nitrogens with zero attached hydrogens (tertiary/aromatic N) is 1. The standard InChI is InChI=1S/C20H33N3O3/c1-5-16(23-10-6-7-11-23)14-21-15(2)12-20(24)22-18-9-8-17(25-3)13-19(18)26-4/h8-9,13,15-16,21H,5-7,10-12,14H2,1-4H3,(H,22,24). The maximum Gasteiger partial charge on any atom is 0.226 e. The van der Waals surface area contributed by atoms with Gasteiger partial charge in [0, 0.05) is 31.1 Å². The highest BCUT2D eigenvalue weighted by molar-refractivity contribution is 5.92. The Hall–Kier alpha value is -1.79. The molecule has 0 aliphatic carbocycles. The Morgan fingerprint density at radius 2 is 1.96 bits per heavy atom. The fraction of sp³-hybridized carbons (Fsp3) is 0.650. The molecule has 2 unspecified atom stereocenters. The van der Waals surface area contributed by atoms with Crippen LogP contribution in [0.25, 0.3) is 0 Å². The van der Waals surface area contributed by atoms with E-state index in [9.17, 15) is 4.79 Å². The van der Waals surface area contributed by atoms with E-state index in [-0.39, 0.29) is 11.9 Å². The maximum absolute atomic E-state index is 12.4. The molecule has 1 fully saturated rings. The molecule has 1 saturated heterocycles. The molecule has 0 saturated carbocycles. The van der Waals surface area contributed by atoms with Crippen LogP contribution in [0.4, 0.5) is 5.69 Å². The molecule has 0 aromatic heterocycles. The van der Waals surface area contributed by atoms with Gasteiger partial charge in [-0.25, -0.2) is 0 Å². The van der Waals surface area contributed by atoms with E-state index in [1.807, 2.05) is 6.07 Å². The van der Waals surface area contributed by atoms with Gasteiger partial charge < -0.3 is 20.1 Å². The van der Waals surface area contributed by atoms with Crippen molar-refractivity contribution in [2.45, 2.75) is 51.6 Å². The fourth-order valence-electron chi connectivity index (χ4n) is 3.43. The van der Waals surface area contributed by atoms with Crippen LogP contribution in [-0.2, 0) is 4.79 Å². The molecule has 0 bridgehead atoms. The number of carbonyl (C=O) groups excluding carboxylic acids is 1. The van der Waals surface area contributed by atoms with Gasteiger partial charge in [-0.05, 0) is 51.4 Å². The predicted molar refractivity (Wildman–Crippen MR) is 105 cm³/mol. The minimum atomic E-state index is -0.0253. The minimum Gasteiger partial charge on any atom is -0.497 e. The van der Waals surface area contributed by atoms with Crippen LogP contribution in [0, 0.1) is 0 Å². The Kier molecular flexibility index (Phi) is 8.19. The molecule has 2 atom stereocenters. The lowest BCUT2D eigenvalue weighted by molar-refractivity contribution is -0.116. The Bertz CT molecular complexity index is 573. The first-order chi connectivity index (χ1) is 12.6. The van der Waals surface area contributed by atoms with E-state index in [1.165, 1.54) is 25.9 Å². The molecule has 0 radical (unpaired) electrons. The van der Waals surface area contributed by atoms with Crippen LogP contribution in [0.3, 0.4) is 0 Å². The summed E-state index contributed by atoms with van der Waals surface area (Å²) in [4.78, 5) is 14.9. The molecule has 2 N–H and O–H groups in total. The van der Waals surface area contributed by atoms with Crippen molar-refractivity contribution in [1.29, 1.82) is 0 Å². The zero-order valence-corrected chi connectivity index (χ0v) is 16.5. The zero-order valence-electron chi connectivity index (χ0n) is 16.5. The van der Waals surface area contributed by atoms with E-state index < -0.39 is 0 Å². The van der Waals surface area contributed by atoms with E-state index in [0.29, 0.717) is 29.6 Å². The number of benzene rings is 1. The lowest BCUT2D eigenvalue weighted by Gasteiger charge is -2.28. The summed E-state index contributed by atoms with van der Waals surface area (Å²) in [5.41, 5.74) is 0.661. The number of likely N-dealkylation sites (tertiary alicyclic amines) is 1. The summed E-state index contributed by atoms with van der Waals surface area (Å²) in [5, 5.41) is 6.45. The largest absolute Gasteiger partial charge is 0.497 e. The van der Waals surface area contributed by atoms with Crippen molar-refractivity contribution in [3.63, 3.8) is 0 Å². The van der Waals surface area contributed by atoms with Gasteiger partial charge in [-0.3, -0.25) is 9.69 Å². The van der Waals surface area contributed by atoms with Crippen molar-refractivity contribution in [3.05, 3.63) is 18.2 Å². The first-order valence-corrected chi connectivity index (χ1v) is 9.56. The van der Waals surface area contributed by atoms with Gasteiger partial charge >= 0.3 is 0 Å². The second kappa shape index (κ2) is 10.4.